The zero-order chi connectivity index (χ0) is 33.4. The molecule has 266 valence electrons. The van der Waals surface area contributed by atoms with E-state index in [1.54, 1.807) is 0 Å². The van der Waals surface area contributed by atoms with Crippen LogP contribution >= 0.6 is 0 Å². The van der Waals surface area contributed by atoms with Gasteiger partial charge in [-0.2, -0.15) is 0 Å². The Labute approximate surface area is 278 Å². The van der Waals surface area contributed by atoms with Gasteiger partial charge in [-0.05, 0) is 31.1 Å². The molecule has 0 aromatic carbocycles. The van der Waals surface area contributed by atoms with E-state index in [0.29, 0.717) is 19.3 Å². The van der Waals surface area contributed by atoms with Crippen LogP contribution in [0, 0.1) is 11.8 Å². The van der Waals surface area contributed by atoms with Gasteiger partial charge < -0.3 is 14.2 Å². The second-order valence-electron chi connectivity index (χ2n) is 14.2. The fourth-order valence-electron chi connectivity index (χ4n) is 5.52. The number of ether oxygens (including phenoxy) is 3. The Balaban J connectivity index is 4.25. The average molecular weight is 639 g/mol. The van der Waals surface area contributed by atoms with Gasteiger partial charge in [0.2, 0.25) is 0 Å². The van der Waals surface area contributed by atoms with Crippen molar-refractivity contribution >= 4 is 17.9 Å². The first-order valence-electron chi connectivity index (χ1n) is 19.2. The molecule has 6 nitrogen and oxygen atoms in total. The molecule has 6 heteroatoms. The van der Waals surface area contributed by atoms with E-state index in [-0.39, 0.29) is 31.1 Å². The van der Waals surface area contributed by atoms with Crippen molar-refractivity contribution in [2.24, 2.45) is 11.8 Å². The van der Waals surface area contributed by atoms with Gasteiger partial charge in [0.1, 0.15) is 13.2 Å². The second-order valence-corrected chi connectivity index (χ2v) is 14.2. The van der Waals surface area contributed by atoms with Gasteiger partial charge in [-0.25, -0.2) is 0 Å². The maximum absolute atomic E-state index is 12.5. The second kappa shape index (κ2) is 32.4. The topological polar surface area (TPSA) is 78.9 Å². The maximum Gasteiger partial charge on any atom is 0.306 e. The average Bonchev–Trinajstić information content (AvgIpc) is 2.99. The first-order valence-corrected chi connectivity index (χ1v) is 19.2. The van der Waals surface area contributed by atoms with Crippen LogP contribution in [0.25, 0.3) is 0 Å². The SMILES string of the molecule is CCCCCCCC(=O)OC[C@H](COC(=O)CCCCCCCCCCCCC(C)C)OC(=O)CCCCCCCCC(C)C. The maximum atomic E-state index is 12.5. The smallest absolute Gasteiger partial charge is 0.306 e. The third-order valence-corrected chi connectivity index (χ3v) is 8.47. The van der Waals surface area contributed by atoms with Crippen molar-refractivity contribution < 1.29 is 28.6 Å². The van der Waals surface area contributed by atoms with Gasteiger partial charge in [-0.15, -0.1) is 0 Å². The minimum absolute atomic E-state index is 0.0681. The fraction of sp³-hybridized carbons (Fsp3) is 0.923. The van der Waals surface area contributed by atoms with Crippen molar-refractivity contribution in [1.29, 1.82) is 0 Å². The molecule has 0 radical (unpaired) electrons. The van der Waals surface area contributed by atoms with Crippen molar-refractivity contribution in [3.8, 4) is 0 Å². The molecule has 45 heavy (non-hydrogen) atoms. The van der Waals surface area contributed by atoms with Crippen LogP contribution in [0.4, 0.5) is 0 Å². The van der Waals surface area contributed by atoms with Crippen molar-refractivity contribution in [3.63, 3.8) is 0 Å². The third-order valence-electron chi connectivity index (χ3n) is 8.47. The number of carbonyl (C=O) groups is 3. The van der Waals surface area contributed by atoms with E-state index in [1.165, 1.54) is 83.5 Å². The molecule has 0 aliphatic rings. The molecule has 0 spiro atoms. The molecule has 0 N–H and O–H groups in total. The predicted octanol–water partition coefficient (Wildman–Crippen LogP) is 11.5. The van der Waals surface area contributed by atoms with E-state index in [9.17, 15) is 14.4 Å². The highest BCUT2D eigenvalue weighted by molar-refractivity contribution is 5.71. The number of carbonyl (C=O) groups excluding carboxylic acids is 3. The van der Waals surface area contributed by atoms with E-state index in [4.69, 9.17) is 14.2 Å². The third kappa shape index (κ3) is 33.6. The Hall–Kier alpha value is -1.59. The number of hydrogen-bond donors (Lipinski definition) is 0. The minimum atomic E-state index is -0.758. The molecule has 0 bridgehead atoms. The Morgan fingerprint density at radius 3 is 1.09 bits per heavy atom. The van der Waals surface area contributed by atoms with E-state index in [2.05, 4.69) is 34.6 Å². The van der Waals surface area contributed by atoms with Crippen LogP contribution < -0.4 is 0 Å². The summed E-state index contributed by atoms with van der Waals surface area (Å²) in [7, 11) is 0. The number of rotatable bonds is 33. The highest BCUT2D eigenvalue weighted by Crippen LogP contribution is 2.15. The molecule has 0 aliphatic heterocycles. The van der Waals surface area contributed by atoms with Crippen molar-refractivity contribution in [2.45, 2.75) is 208 Å². The summed E-state index contributed by atoms with van der Waals surface area (Å²) in [6, 6.07) is 0. The van der Waals surface area contributed by atoms with Crippen LogP contribution in [0.3, 0.4) is 0 Å². The normalized spacial score (nSPS) is 12.1. The summed E-state index contributed by atoms with van der Waals surface area (Å²) in [6.45, 7) is 11.1. The minimum Gasteiger partial charge on any atom is -0.462 e. The van der Waals surface area contributed by atoms with Crippen molar-refractivity contribution in [3.05, 3.63) is 0 Å². The summed E-state index contributed by atoms with van der Waals surface area (Å²) < 4.78 is 16.5. The first kappa shape index (κ1) is 43.4. The lowest BCUT2D eigenvalue weighted by atomic mass is 10.0. The van der Waals surface area contributed by atoms with Crippen LogP contribution in [0.2, 0.25) is 0 Å². The summed E-state index contributed by atoms with van der Waals surface area (Å²) in [6.07, 6.45) is 27.0. The molecular formula is C39H74O6. The zero-order valence-corrected chi connectivity index (χ0v) is 30.5. The number of esters is 3. The fourth-order valence-corrected chi connectivity index (χ4v) is 5.52. The summed E-state index contributed by atoms with van der Waals surface area (Å²) in [5.74, 6) is 0.692. The largest absolute Gasteiger partial charge is 0.462 e. The van der Waals surface area contributed by atoms with Gasteiger partial charge in [0.15, 0.2) is 6.10 Å². The molecule has 0 aliphatic carbocycles. The molecule has 0 heterocycles. The number of unbranched alkanes of at least 4 members (excludes halogenated alkanes) is 18. The Morgan fingerprint density at radius 1 is 0.422 bits per heavy atom. The Kier molecular flexibility index (Phi) is 31.2. The van der Waals surface area contributed by atoms with Gasteiger partial charge in [-0.1, -0.05) is 163 Å². The van der Waals surface area contributed by atoms with Gasteiger partial charge >= 0.3 is 17.9 Å². The standard InChI is InChI=1S/C39H74O6/c1-6-7-8-17-24-29-37(40)43-32-36(45-39(42)31-26-21-16-15-19-23-28-35(4)5)33-44-38(41)30-25-20-14-12-10-9-11-13-18-22-27-34(2)3/h34-36H,6-33H2,1-5H3/t36-/m1/s1. The van der Waals surface area contributed by atoms with E-state index < -0.39 is 6.10 Å². The van der Waals surface area contributed by atoms with E-state index in [0.717, 1.165) is 76.0 Å². The van der Waals surface area contributed by atoms with Gasteiger partial charge in [0, 0.05) is 19.3 Å². The monoisotopic (exact) mass is 639 g/mol. The van der Waals surface area contributed by atoms with Crippen molar-refractivity contribution in [1.82, 2.24) is 0 Å². The number of hydrogen-bond acceptors (Lipinski definition) is 6. The Bertz CT molecular complexity index is 689. The lowest BCUT2D eigenvalue weighted by Crippen LogP contribution is -2.30. The quantitative estimate of drug-likeness (QED) is 0.0404. The summed E-state index contributed by atoms with van der Waals surface area (Å²) in [5.41, 5.74) is 0. The van der Waals surface area contributed by atoms with Crippen molar-refractivity contribution in [2.75, 3.05) is 13.2 Å². The van der Waals surface area contributed by atoms with Crippen LogP contribution in [0.5, 0.6) is 0 Å². The lowest BCUT2D eigenvalue weighted by molar-refractivity contribution is -0.167. The van der Waals surface area contributed by atoms with E-state index in [1.807, 2.05) is 0 Å². The molecule has 0 unspecified atom stereocenters. The molecule has 0 saturated heterocycles. The predicted molar refractivity (Wildman–Crippen MR) is 187 cm³/mol. The highest BCUT2D eigenvalue weighted by atomic mass is 16.6. The lowest BCUT2D eigenvalue weighted by Gasteiger charge is -2.18. The zero-order valence-electron chi connectivity index (χ0n) is 30.5. The van der Waals surface area contributed by atoms with Crippen LogP contribution in [0.15, 0.2) is 0 Å². The van der Waals surface area contributed by atoms with E-state index >= 15 is 0 Å². The molecule has 0 saturated carbocycles. The molecule has 0 aromatic heterocycles. The Morgan fingerprint density at radius 2 is 0.733 bits per heavy atom. The molecule has 0 rings (SSSR count). The van der Waals surface area contributed by atoms with Gasteiger partial charge in [-0.3, -0.25) is 14.4 Å². The molecule has 1 atom stereocenters. The summed E-state index contributed by atoms with van der Waals surface area (Å²) in [5, 5.41) is 0. The van der Waals surface area contributed by atoms with Crippen LogP contribution in [-0.2, 0) is 28.6 Å². The summed E-state index contributed by atoms with van der Waals surface area (Å²) >= 11 is 0. The molecule has 0 aromatic rings. The van der Waals surface area contributed by atoms with Crippen LogP contribution in [-0.4, -0.2) is 37.2 Å². The first-order chi connectivity index (χ1) is 21.7. The summed E-state index contributed by atoms with van der Waals surface area (Å²) in [4.78, 5) is 37.2. The highest BCUT2D eigenvalue weighted by Gasteiger charge is 2.19. The molecule has 0 amide bonds. The van der Waals surface area contributed by atoms with Gasteiger partial charge in [0.05, 0.1) is 0 Å². The van der Waals surface area contributed by atoms with Crippen LogP contribution in [0.1, 0.15) is 202 Å². The molecular weight excluding hydrogens is 564 g/mol. The molecule has 0 fully saturated rings. The van der Waals surface area contributed by atoms with Gasteiger partial charge in [0.25, 0.3) is 0 Å².